The third-order valence-corrected chi connectivity index (χ3v) is 1.51. The molecule has 5 N–H and O–H groups in total. The van der Waals surface area contributed by atoms with Crippen LogP contribution in [0.5, 0.6) is 0 Å². The fraction of sp³-hybridized carbons (Fsp3) is 0.857. The summed E-state index contributed by atoms with van der Waals surface area (Å²) in [4.78, 5) is 10.3. The first-order valence-corrected chi connectivity index (χ1v) is 3.73. The normalized spacial score (nSPS) is 14.3. The monoisotopic (exact) mass is 176 g/mol. The number of carboxylic acids is 1. The summed E-state index contributed by atoms with van der Waals surface area (Å²) in [6, 6.07) is -0.921. The summed E-state index contributed by atoms with van der Waals surface area (Å²) in [5.41, 5.74) is 4.76. The summed E-state index contributed by atoms with van der Waals surface area (Å²) in [6.07, 6.45) is 0. The highest BCUT2D eigenvalue weighted by Gasteiger charge is 2.19. The zero-order chi connectivity index (χ0) is 9.78. The van der Waals surface area contributed by atoms with Crippen LogP contribution >= 0.6 is 0 Å². The standard InChI is InChI=1S/C7H16N2O3/c1-7(2,4-10)9-3-5(8)6(11)12/h5,9-10H,3-4,8H2,1-2H3,(H,11,12). The number of nitrogens with two attached hydrogens (primary N) is 1. The molecule has 0 aromatic rings. The Bertz CT molecular complexity index is 159. The van der Waals surface area contributed by atoms with Gasteiger partial charge in [0, 0.05) is 12.1 Å². The molecule has 0 saturated heterocycles. The van der Waals surface area contributed by atoms with Gasteiger partial charge in [0.15, 0.2) is 0 Å². The Morgan fingerprint density at radius 2 is 2.17 bits per heavy atom. The van der Waals surface area contributed by atoms with Crippen LogP contribution in [0.3, 0.4) is 0 Å². The van der Waals surface area contributed by atoms with Gasteiger partial charge in [0.25, 0.3) is 0 Å². The predicted octanol–water partition coefficient (Wildman–Crippen LogP) is -1.24. The molecule has 0 aliphatic rings. The highest BCUT2D eigenvalue weighted by atomic mass is 16.4. The maximum Gasteiger partial charge on any atom is 0.321 e. The van der Waals surface area contributed by atoms with Crippen molar-refractivity contribution < 1.29 is 15.0 Å². The van der Waals surface area contributed by atoms with Gasteiger partial charge in [-0.2, -0.15) is 0 Å². The number of rotatable bonds is 5. The number of carboxylic acid groups (broad SMARTS) is 1. The number of hydrogen-bond donors (Lipinski definition) is 4. The van der Waals surface area contributed by atoms with Crippen molar-refractivity contribution in [1.29, 1.82) is 0 Å². The second kappa shape index (κ2) is 4.39. The smallest absolute Gasteiger partial charge is 0.321 e. The summed E-state index contributed by atoms with van der Waals surface area (Å²) in [6.45, 7) is 3.63. The highest BCUT2D eigenvalue weighted by molar-refractivity contribution is 5.73. The molecule has 1 atom stereocenters. The number of aliphatic hydroxyl groups is 1. The van der Waals surface area contributed by atoms with Crippen molar-refractivity contribution in [3.63, 3.8) is 0 Å². The fourth-order valence-electron chi connectivity index (χ4n) is 0.529. The molecule has 0 aliphatic carbocycles. The molecule has 5 nitrogen and oxygen atoms in total. The topological polar surface area (TPSA) is 95.6 Å². The van der Waals surface area contributed by atoms with E-state index in [1.54, 1.807) is 13.8 Å². The van der Waals surface area contributed by atoms with Crippen molar-refractivity contribution in [2.24, 2.45) is 5.73 Å². The summed E-state index contributed by atoms with van der Waals surface area (Å²) in [7, 11) is 0. The van der Waals surface area contributed by atoms with Crippen molar-refractivity contribution in [1.82, 2.24) is 5.32 Å². The van der Waals surface area contributed by atoms with Gasteiger partial charge in [-0.3, -0.25) is 4.79 Å². The molecule has 0 rings (SSSR count). The number of nitrogens with one attached hydrogen (secondary N) is 1. The van der Waals surface area contributed by atoms with Gasteiger partial charge >= 0.3 is 5.97 Å². The first-order chi connectivity index (χ1) is 5.39. The van der Waals surface area contributed by atoms with Crippen LogP contribution in [0, 0.1) is 0 Å². The molecule has 0 aromatic carbocycles. The molecule has 72 valence electrons. The first kappa shape index (κ1) is 11.4. The Morgan fingerprint density at radius 1 is 1.67 bits per heavy atom. The second-order valence-corrected chi connectivity index (χ2v) is 3.37. The van der Waals surface area contributed by atoms with Gasteiger partial charge in [0.2, 0.25) is 0 Å². The van der Waals surface area contributed by atoms with E-state index >= 15 is 0 Å². The van der Waals surface area contributed by atoms with Crippen LogP contribution in [0.1, 0.15) is 13.8 Å². The number of carbonyl (C=O) groups is 1. The maximum atomic E-state index is 10.3. The lowest BCUT2D eigenvalue weighted by atomic mass is 10.1. The average molecular weight is 176 g/mol. The molecule has 1 unspecified atom stereocenters. The van der Waals surface area contributed by atoms with Gasteiger partial charge in [0.1, 0.15) is 6.04 Å². The van der Waals surface area contributed by atoms with E-state index in [1.165, 1.54) is 0 Å². The van der Waals surface area contributed by atoms with E-state index in [0.717, 1.165) is 0 Å². The van der Waals surface area contributed by atoms with Crippen molar-refractivity contribution in [2.45, 2.75) is 25.4 Å². The van der Waals surface area contributed by atoms with E-state index in [0.29, 0.717) is 0 Å². The van der Waals surface area contributed by atoms with Gasteiger partial charge in [-0.15, -0.1) is 0 Å². The molecule has 0 heterocycles. The van der Waals surface area contributed by atoms with Crippen LogP contribution in [-0.4, -0.2) is 40.9 Å². The molecule has 5 heteroatoms. The zero-order valence-corrected chi connectivity index (χ0v) is 7.37. The van der Waals surface area contributed by atoms with Gasteiger partial charge in [-0.1, -0.05) is 0 Å². The van der Waals surface area contributed by atoms with Gasteiger partial charge in [0.05, 0.1) is 6.61 Å². The molecular formula is C7H16N2O3. The van der Waals surface area contributed by atoms with E-state index < -0.39 is 17.6 Å². The van der Waals surface area contributed by atoms with Crippen molar-refractivity contribution in [3.8, 4) is 0 Å². The molecule has 0 bridgehead atoms. The third kappa shape index (κ3) is 4.27. The van der Waals surface area contributed by atoms with Gasteiger partial charge in [-0.25, -0.2) is 0 Å². The minimum Gasteiger partial charge on any atom is -0.480 e. The number of aliphatic hydroxyl groups excluding tert-OH is 1. The molecule has 0 spiro atoms. The lowest BCUT2D eigenvalue weighted by Crippen LogP contribution is -2.50. The number of hydrogen-bond acceptors (Lipinski definition) is 4. The Kier molecular flexibility index (Phi) is 4.16. The fourth-order valence-corrected chi connectivity index (χ4v) is 0.529. The molecule has 0 aromatic heterocycles. The summed E-state index contributed by atoms with van der Waals surface area (Å²) in [5, 5.41) is 20.1. The van der Waals surface area contributed by atoms with E-state index in [4.69, 9.17) is 15.9 Å². The minimum atomic E-state index is -1.05. The van der Waals surface area contributed by atoms with E-state index in [9.17, 15) is 4.79 Å². The number of aliphatic carboxylic acids is 1. The molecule has 0 fully saturated rings. The minimum absolute atomic E-state index is 0.0562. The van der Waals surface area contributed by atoms with Gasteiger partial charge in [-0.05, 0) is 13.8 Å². The Morgan fingerprint density at radius 3 is 2.50 bits per heavy atom. The van der Waals surface area contributed by atoms with Crippen LogP contribution in [-0.2, 0) is 4.79 Å². The maximum absolute atomic E-state index is 10.3. The summed E-state index contributed by atoms with van der Waals surface area (Å²) >= 11 is 0. The molecule has 12 heavy (non-hydrogen) atoms. The van der Waals surface area contributed by atoms with Crippen LogP contribution < -0.4 is 11.1 Å². The van der Waals surface area contributed by atoms with E-state index in [2.05, 4.69) is 5.32 Å². The largest absolute Gasteiger partial charge is 0.480 e. The van der Waals surface area contributed by atoms with E-state index in [1.807, 2.05) is 0 Å². The Labute approximate surface area is 71.6 Å². The molecule has 0 saturated carbocycles. The third-order valence-electron chi connectivity index (χ3n) is 1.51. The first-order valence-electron chi connectivity index (χ1n) is 3.73. The summed E-state index contributed by atoms with van der Waals surface area (Å²) in [5.74, 6) is -1.05. The van der Waals surface area contributed by atoms with Crippen molar-refractivity contribution in [2.75, 3.05) is 13.2 Å². The van der Waals surface area contributed by atoms with Crippen LogP contribution in [0.25, 0.3) is 0 Å². The zero-order valence-electron chi connectivity index (χ0n) is 7.37. The Hall–Kier alpha value is -0.650. The summed E-state index contributed by atoms with van der Waals surface area (Å²) < 4.78 is 0. The second-order valence-electron chi connectivity index (χ2n) is 3.37. The molecule has 0 aliphatic heterocycles. The van der Waals surface area contributed by atoms with E-state index in [-0.39, 0.29) is 13.2 Å². The van der Waals surface area contributed by atoms with Crippen LogP contribution in [0.15, 0.2) is 0 Å². The quantitative estimate of drug-likeness (QED) is 0.420. The van der Waals surface area contributed by atoms with Crippen molar-refractivity contribution in [3.05, 3.63) is 0 Å². The molecule has 0 radical (unpaired) electrons. The average Bonchev–Trinajstić information content (AvgIpc) is 2.00. The van der Waals surface area contributed by atoms with Crippen LogP contribution in [0.4, 0.5) is 0 Å². The lowest BCUT2D eigenvalue weighted by molar-refractivity contribution is -0.138. The predicted molar refractivity (Wildman–Crippen MR) is 44.8 cm³/mol. The van der Waals surface area contributed by atoms with Gasteiger partial charge < -0.3 is 21.3 Å². The Balaban J connectivity index is 3.75. The molecular weight excluding hydrogens is 160 g/mol. The van der Waals surface area contributed by atoms with Crippen LogP contribution in [0.2, 0.25) is 0 Å². The lowest BCUT2D eigenvalue weighted by Gasteiger charge is -2.24. The highest BCUT2D eigenvalue weighted by Crippen LogP contribution is 1.98. The van der Waals surface area contributed by atoms with Crippen molar-refractivity contribution >= 4 is 5.97 Å². The SMILES string of the molecule is CC(C)(CO)NCC(N)C(=O)O. The molecule has 0 amide bonds.